The molecule has 0 spiro atoms. The molecule has 0 amide bonds. The minimum atomic E-state index is 1.18. The van der Waals surface area contributed by atoms with Crippen LogP contribution in [0.15, 0.2) is 30.8 Å². The minimum Gasteiger partial charge on any atom is -0.105 e. The first kappa shape index (κ1) is 6.51. The summed E-state index contributed by atoms with van der Waals surface area (Å²) in [4.78, 5) is 0. The molecule has 1 heteroatoms. The van der Waals surface area contributed by atoms with E-state index in [1.807, 2.05) is 30.3 Å². The summed E-state index contributed by atoms with van der Waals surface area (Å²) >= 11 is 0. The van der Waals surface area contributed by atoms with Crippen molar-refractivity contribution in [2.24, 2.45) is 0 Å². The Hall–Kier alpha value is -0.610. The van der Waals surface area contributed by atoms with Gasteiger partial charge >= 0.3 is 0 Å². The lowest BCUT2D eigenvalue weighted by Gasteiger charge is -1.94. The second-order valence-electron chi connectivity index (χ2n) is 1.83. The lowest BCUT2D eigenvalue weighted by molar-refractivity contribution is 1.73. The van der Waals surface area contributed by atoms with Gasteiger partial charge in [-0.25, -0.2) is 0 Å². The third-order valence-electron chi connectivity index (χ3n) is 1.22. The highest BCUT2D eigenvalue weighted by molar-refractivity contribution is 7.27. The number of hydrogen-bond donors (Lipinski definition) is 0. The predicted molar refractivity (Wildman–Crippen MR) is 45.9 cm³/mol. The molecule has 0 aliphatic rings. The SMILES string of the molecule is C=Cc1ccccc1P. The molecule has 0 radical (unpaired) electrons. The highest BCUT2D eigenvalue weighted by Crippen LogP contribution is 2.00. The van der Waals surface area contributed by atoms with Gasteiger partial charge in [0.05, 0.1) is 0 Å². The van der Waals surface area contributed by atoms with Gasteiger partial charge in [-0.1, -0.05) is 36.9 Å². The highest BCUT2D eigenvalue weighted by Gasteiger charge is 1.86. The lowest BCUT2D eigenvalue weighted by Crippen LogP contribution is -1.92. The van der Waals surface area contributed by atoms with Gasteiger partial charge in [0.1, 0.15) is 0 Å². The van der Waals surface area contributed by atoms with E-state index in [4.69, 9.17) is 0 Å². The Morgan fingerprint density at radius 1 is 1.33 bits per heavy atom. The number of rotatable bonds is 1. The van der Waals surface area contributed by atoms with Crippen molar-refractivity contribution in [1.82, 2.24) is 0 Å². The van der Waals surface area contributed by atoms with Crippen LogP contribution in [0.2, 0.25) is 0 Å². The summed E-state index contributed by atoms with van der Waals surface area (Å²) in [5, 5.41) is 1.20. The zero-order valence-electron chi connectivity index (χ0n) is 5.17. The Balaban J connectivity index is 3.15. The van der Waals surface area contributed by atoms with Gasteiger partial charge in [0, 0.05) is 0 Å². The van der Waals surface area contributed by atoms with E-state index in [1.165, 1.54) is 10.9 Å². The second-order valence-corrected chi connectivity index (χ2v) is 2.46. The summed E-state index contributed by atoms with van der Waals surface area (Å²) in [5.74, 6) is 0. The first-order chi connectivity index (χ1) is 4.34. The van der Waals surface area contributed by atoms with Crippen LogP contribution in [0.25, 0.3) is 6.08 Å². The van der Waals surface area contributed by atoms with Crippen LogP contribution in [0.4, 0.5) is 0 Å². The van der Waals surface area contributed by atoms with Crippen LogP contribution in [-0.4, -0.2) is 0 Å². The van der Waals surface area contributed by atoms with Crippen molar-refractivity contribution in [1.29, 1.82) is 0 Å². The second kappa shape index (κ2) is 2.80. The minimum absolute atomic E-state index is 1.18. The molecule has 0 nitrogen and oxygen atoms in total. The Bertz CT molecular complexity index is 216. The summed E-state index contributed by atoms with van der Waals surface area (Å²) in [5.41, 5.74) is 1.18. The fourth-order valence-corrected chi connectivity index (χ4v) is 1.02. The standard InChI is InChI=1S/C8H9P/c1-2-7-5-3-4-6-8(7)9/h2-6H,1,9H2. The first-order valence-electron chi connectivity index (χ1n) is 2.81. The van der Waals surface area contributed by atoms with Crippen molar-refractivity contribution in [2.75, 3.05) is 0 Å². The summed E-state index contributed by atoms with van der Waals surface area (Å²) < 4.78 is 0. The van der Waals surface area contributed by atoms with Crippen molar-refractivity contribution in [3.63, 3.8) is 0 Å². The summed E-state index contributed by atoms with van der Waals surface area (Å²) in [7, 11) is 2.66. The fraction of sp³-hybridized carbons (Fsp3) is 0. The fourth-order valence-electron chi connectivity index (χ4n) is 0.697. The van der Waals surface area contributed by atoms with E-state index < -0.39 is 0 Å². The zero-order chi connectivity index (χ0) is 6.69. The van der Waals surface area contributed by atoms with Crippen LogP contribution in [0, 0.1) is 0 Å². The van der Waals surface area contributed by atoms with Gasteiger partial charge in [0.25, 0.3) is 0 Å². The van der Waals surface area contributed by atoms with Crippen LogP contribution in [-0.2, 0) is 0 Å². The van der Waals surface area contributed by atoms with Gasteiger partial charge in [0.15, 0.2) is 0 Å². The molecule has 1 unspecified atom stereocenters. The smallest absolute Gasteiger partial charge is 0.0191 e. The lowest BCUT2D eigenvalue weighted by atomic mass is 10.2. The Kier molecular flexibility index (Phi) is 2.02. The normalized spacial score (nSPS) is 9.00. The molecule has 1 aromatic rings. The van der Waals surface area contributed by atoms with Crippen LogP contribution in [0.5, 0.6) is 0 Å². The van der Waals surface area contributed by atoms with E-state index in [0.29, 0.717) is 0 Å². The molecule has 0 bridgehead atoms. The molecule has 1 rings (SSSR count). The maximum atomic E-state index is 3.68. The molecule has 0 saturated heterocycles. The van der Waals surface area contributed by atoms with E-state index in [-0.39, 0.29) is 0 Å². The molecule has 0 aliphatic carbocycles. The van der Waals surface area contributed by atoms with Gasteiger partial charge in [0.2, 0.25) is 0 Å². The first-order valence-corrected chi connectivity index (χ1v) is 3.39. The van der Waals surface area contributed by atoms with Gasteiger partial charge in [-0.05, 0) is 10.9 Å². The van der Waals surface area contributed by atoms with E-state index in [0.717, 1.165) is 0 Å². The molecule has 0 aliphatic heterocycles. The molecular formula is C8H9P. The third kappa shape index (κ3) is 1.40. The van der Waals surface area contributed by atoms with Crippen molar-refractivity contribution < 1.29 is 0 Å². The molecule has 46 valence electrons. The van der Waals surface area contributed by atoms with Crippen LogP contribution in [0.1, 0.15) is 5.56 Å². The van der Waals surface area contributed by atoms with Crippen molar-refractivity contribution in [2.45, 2.75) is 0 Å². The topological polar surface area (TPSA) is 0 Å². The monoisotopic (exact) mass is 136 g/mol. The Morgan fingerprint density at radius 3 is 2.44 bits per heavy atom. The van der Waals surface area contributed by atoms with Gasteiger partial charge in [-0.3, -0.25) is 0 Å². The largest absolute Gasteiger partial charge is 0.105 e. The molecule has 0 heterocycles. The number of benzene rings is 1. The average molecular weight is 136 g/mol. The molecule has 0 aromatic heterocycles. The number of hydrogen-bond acceptors (Lipinski definition) is 0. The van der Waals surface area contributed by atoms with E-state index in [9.17, 15) is 0 Å². The van der Waals surface area contributed by atoms with E-state index in [2.05, 4.69) is 15.8 Å². The van der Waals surface area contributed by atoms with Gasteiger partial charge in [-0.2, -0.15) is 0 Å². The highest BCUT2D eigenvalue weighted by atomic mass is 31.0. The predicted octanol–water partition coefficient (Wildman–Crippen LogP) is 1.83. The van der Waals surface area contributed by atoms with E-state index in [1.54, 1.807) is 0 Å². The van der Waals surface area contributed by atoms with Crippen molar-refractivity contribution in [3.8, 4) is 0 Å². The zero-order valence-corrected chi connectivity index (χ0v) is 6.33. The average Bonchev–Trinajstić information content (AvgIpc) is 1.89. The molecule has 9 heavy (non-hydrogen) atoms. The maximum absolute atomic E-state index is 3.68. The summed E-state index contributed by atoms with van der Waals surface area (Å²) in [6, 6.07) is 8.09. The molecule has 0 saturated carbocycles. The molecule has 1 atom stereocenters. The molecule has 0 fully saturated rings. The van der Waals surface area contributed by atoms with Crippen LogP contribution in [0.3, 0.4) is 0 Å². The summed E-state index contributed by atoms with van der Waals surface area (Å²) in [6.07, 6.45) is 1.85. The molecular weight excluding hydrogens is 127 g/mol. The Morgan fingerprint density at radius 2 is 2.00 bits per heavy atom. The molecule has 0 N–H and O–H groups in total. The quantitative estimate of drug-likeness (QED) is 0.516. The van der Waals surface area contributed by atoms with Crippen LogP contribution >= 0.6 is 9.24 Å². The van der Waals surface area contributed by atoms with Crippen molar-refractivity contribution >= 4 is 20.6 Å². The van der Waals surface area contributed by atoms with Gasteiger partial charge in [-0.15, -0.1) is 9.24 Å². The van der Waals surface area contributed by atoms with Crippen LogP contribution < -0.4 is 5.30 Å². The summed E-state index contributed by atoms with van der Waals surface area (Å²) in [6.45, 7) is 3.68. The maximum Gasteiger partial charge on any atom is -0.0191 e. The third-order valence-corrected chi connectivity index (χ3v) is 1.74. The molecule has 1 aromatic carbocycles. The van der Waals surface area contributed by atoms with Crippen molar-refractivity contribution in [3.05, 3.63) is 36.4 Å². The Labute approximate surface area is 57.8 Å². The van der Waals surface area contributed by atoms with E-state index >= 15 is 0 Å². The van der Waals surface area contributed by atoms with Gasteiger partial charge < -0.3 is 0 Å².